The summed E-state index contributed by atoms with van der Waals surface area (Å²) < 4.78 is 18.4. The summed E-state index contributed by atoms with van der Waals surface area (Å²) >= 11 is 0. The summed E-state index contributed by atoms with van der Waals surface area (Å²) in [5.41, 5.74) is -0.0655. The third-order valence-corrected chi connectivity index (χ3v) is 6.12. The Bertz CT molecular complexity index is 745. The lowest BCUT2D eigenvalue weighted by Gasteiger charge is -2.24. The average Bonchev–Trinajstić information content (AvgIpc) is 3.35. The fraction of sp³-hybridized carbons (Fsp3) is 0.600. The standard InChI is InChI=1S/C20H25FN2O3/c1-10(17(24)22-12-7-5-11(21)6-8-12)13-9-20(15-14(13)16(15)20)23-18(25)26-19(2,3)4/h5-8,10,13-16H,9H2,1-4H3,(H,22,24)(H,23,25)/t10-,13?,14?,15?,16?,20?/m0/s1. The minimum Gasteiger partial charge on any atom is -0.444 e. The van der Waals surface area contributed by atoms with Gasteiger partial charge in [0.2, 0.25) is 5.91 Å². The van der Waals surface area contributed by atoms with Crippen LogP contribution in [0.25, 0.3) is 0 Å². The molecule has 140 valence electrons. The molecule has 1 aromatic rings. The summed E-state index contributed by atoms with van der Waals surface area (Å²) in [7, 11) is 0. The Hall–Kier alpha value is -2.11. The molecule has 5 rings (SSSR count). The smallest absolute Gasteiger partial charge is 0.408 e. The van der Waals surface area contributed by atoms with Crippen molar-refractivity contribution < 1.29 is 18.7 Å². The van der Waals surface area contributed by atoms with Gasteiger partial charge in [-0.1, -0.05) is 6.92 Å². The zero-order valence-corrected chi connectivity index (χ0v) is 15.5. The maximum absolute atomic E-state index is 13.0. The summed E-state index contributed by atoms with van der Waals surface area (Å²) in [5.74, 6) is 1.26. The van der Waals surface area contributed by atoms with Crippen molar-refractivity contribution in [2.24, 2.45) is 29.6 Å². The molecule has 0 spiro atoms. The normalized spacial score (nSPS) is 34.5. The lowest BCUT2D eigenvalue weighted by atomic mass is 9.90. The SMILES string of the molecule is C[C@H](C(=O)Nc1ccc(F)cc1)C1CC2(NC(=O)OC(C)(C)C)C3C1C32. The fourth-order valence-electron chi connectivity index (χ4n) is 4.94. The fourth-order valence-corrected chi connectivity index (χ4v) is 4.94. The minimum atomic E-state index is -0.514. The van der Waals surface area contributed by atoms with Crippen LogP contribution in [0.3, 0.4) is 0 Å². The molecule has 4 aliphatic rings. The Kier molecular flexibility index (Phi) is 3.62. The summed E-state index contributed by atoms with van der Waals surface area (Å²) in [5, 5.41) is 5.92. The highest BCUT2D eigenvalue weighted by Crippen LogP contribution is 2.86. The molecule has 4 atom stereocenters. The number of carbonyl (C=O) groups is 2. The highest BCUT2D eigenvalue weighted by Gasteiger charge is 2.91. The van der Waals surface area contributed by atoms with E-state index in [2.05, 4.69) is 10.6 Å². The second-order valence-corrected chi connectivity index (χ2v) is 8.95. The number of anilines is 1. The van der Waals surface area contributed by atoms with Crippen molar-refractivity contribution in [2.45, 2.75) is 45.3 Å². The first kappa shape index (κ1) is 17.3. The molecule has 6 heteroatoms. The molecule has 0 heterocycles. The van der Waals surface area contributed by atoms with E-state index in [1.165, 1.54) is 12.1 Å². The third-order valence-electron chi connectivity index (χ3n) is 6.12. The van der Waals surface area contributed by atoms with Gasteiger partial charge in [-0.3, -0.25) is 4.79 Å². The van der Waals surface area contributed by atoms with Gasteiger partial charge >= 0.3 is 6.09 Å². The van der Waals surface area contributed by atoms with Gasteiger partial charge in [-0.15, -0.1) is 0 Å². The molecule has 2 N–H and O–H groups in total. The van der Waals surface area contributed by atoms with E-state index < -0.39 is 5.60 Å². The van der Waals surface area contributed by atoms with Crippen LogP contribution in [0.4, 0.5) is 14.9 Å². The van der Waals surface area contributed by atoms with E-state index >= 15 is 0 Å². The number of carbonyl (C=O) groups excluding carboxylic acids is 2. The van der Waals surface area contributed by atoms with Gasteiger partial charge in [0.1, 0.15) is 11.4 Å². The second kappa shape index (κ2) is 5.44. The van der Waals surface area contributed by atoms with Crippen molar-refractivity contribution in [1.82, 2.24) is 5.32 Å². The first-order valence-electron chi connectivity index (χ1n) is 9.20. The van der Waals surface area contributed by atoms with Gasteiger partial charge < -0.3 is 15.4 Å². The van der Waals surface area contributed by atoms with Gasteiger partial charge in [0.15, 0.2) is 0 Å². The van der Waals surface area contributed by atoms with Crippen LogP contribution >= 0.6 is 0 Å². The van der Waals surface area contributed by atoms with Crippen LogP contribution < -0.4 is 10.6 Å². The van der Waals surface area contributed by atoms with E-state index in [1.54, 1.807) is 12.1 Å². The van der Waals surface area contributed by atoms with Crippen LogP contribution in [0.2, 0.25) is 0 Å². The van der Waals surface area contributed by atoms with E-state index in [4.69, 9.17) is 4.74 Å². The molecule has 1 aromatic carbocycles. The number of alkyl carbamates (subject to hydrolysis) is 1. The molecule has 0 aromatic heterocycles. The van der Waals surface area contributed by atoms with Crippen LogP contribution in [0.15, 0.2) is 24.3 Å². The first-order valence-corrected chi connectivity index (χ1v) is 9.20. The Morgan fingerprint density at radius 1 is 1.23 bits per heavy atom. The van der Waals surface area contributed by atoms with Crippen LogP contribution in [0.5, 0.6) is 0 Å². The molecule has 3 unspecified atom stereocenters. The maximum atomic E-state index is 13.0. The zero-order chi connectivity index (χ0) is 18.9. The molecule has 5 nitrogen and oxygen atoms in total. The molecule has 4 saturated carbocycles. The van der Waals surface area contributed by atoms with Crippen LogP contribution in [-0.2, 0) is 9.53 Å². The Labute approximate surface area is 152 Å². The number of hydrogen-bond donors (Lipinski definition) is 2. The molecular weight excluding hydrogens is 335 g/mol. The minimum absolute atomic E-state index is 0.0547. The van der Waals surface area contributed by atoms with Gasteiger partial charge in [-0.05, 0) is 75.1 Å². The largest absolute Gasteiger partial charge is 0.444 e. The number of nitrogens with one attached hydrogen (secondary N) is 2. The number of rotatable bonds is 4. The van der Waals surface area contributed by atoms with Crippen LogP contribution in [0.1, 0.15) is 34.1 Å². The van der Waals surface area contributed by atoms with Crippen LogP contribution in [-0.4, -0.2) is 23.1 Å². The molecule has 4 fully saturated rings. The number of ether oxygens (including phenoxy) is 1. The third kappa shape index (κ3) is 2.75. The number of amides is 2. The Morgan fingerprint density at radius 2 is 1.85 bits per heavy atom. The van der Waals surface area contributed by atoms with Crippen molar-refractivity contribution in [3.05, 3.63) is 30.1 Å². The monoisotopic (exact) mass is 360 g/mol. The quantitative estimate of drug-likeness (QED) is 0.863. The molecule has 4 aliphatic carbocycles. The topological polar surface area (TPSA) is 67.4 Å². The first-order chi connectivity index (χ1) is 12.1. The van der Waals surface area contributed by atoms with Crippen molar-refractivity contribution in [2.75, 3.05) is 5.32 Å². The highest BCUT2D eigenvalue weighted by atomic mass is 19.1. The second-order valence-electron chi connectivity index (χ2n) is 8.95. The molecular formula is C20H25FN2O3. The van der Waals surface area contributed by atoms with E-state index in [0.29, 0.717) is 23.4 Å². The highest BCUT2D eigenvalue weighted by molar-refractivity contribution is 5.92. The van der Waals surface area contributed by atoms with Crippen molar-refractivity contribution in [3.63, 3.8) is 0 Å². The van der Waals surface area contributed by atoms with Crippen molar-refractivity contribution >= 4 is 17.7 Å². The van der Waals surface area contributed by atoms with Gasteiger partial charge in [-0.2, -0.15) is 0 Å². The lowest BCUT2D eigenvalue weighted by molar-refractivity contribution is -0.121. The van der Waals surface area contributed by atoms with Gasteiger partial charge in [0.05, 0.1) is 5.54 Å². The van der Waals surface area contributed by atoms with Gasteiger partial charge in [0.25, 0.3) is 0 Å². The molecule has 0 saturated heterocycles. The van der Waals surface area contributed by atoms with Crippen molar-refractivity contribution in [3.8, 4) is 0 Å². The molecule has 0 radical (unpaired) electrons. The molecule has 2 bridgehead atoms. The number of benzene rings is 1. The maximum Gasteiger partial charge on any atom is 0.408 e. The Morgan fingerprint density at radius 3 is 2.42 bits per heavy atom. The van der Waals surface area contributed by atoms with Gasteiger partial charge in [0, 0.05) is 11.6 Å². The summed E-state index contributed by atoms with van der Waals surface area (Å²) in [4.78, 5) is 24.6. The number of hydrogen-bond acceptors (Lipinski definition) is 3. The summed E-state index contributed by atoms with van der Waals surface area (Å²) in [6, 6.07) is 5.78. The molecule has 26 heavy (non-hydrogen) atoms. The van der Waals surface area contributed by atoms with E-state index in [9.17, 15) is 14.0 Å². The van der Waals surface area contributed by atoms with E-state index in [1.807, 2.05) is 27.7 Å². The van der Waals surface area contributed by atoms with Crippen LogP contribution in [0, 0.1) is 35.4 Å². The number of halogens is 1. The van der Waals surface area contributed by atoms with E-state index in [-0.39, 0.29) is 35.2 Å². The number of fused-ring (bicyclic) bond motifs is 1. The molecule has 2 amide bonds. The average molecular weight is 360 g/mol. The summed E-state index contributed by atoms with van der Waals surface area (Å²) in [6.07, 6.45) is 0.456. The zero-order valence-electron chi connectivity index (χ0n) is 15.5. The van der Waals surface area contributed by atoms with E-state index in [0.717, 1.165) is 6.42 Å². The molecule has 0 aliphatic heterocycles. The lowest BCUT2D eigenvalue weighted by Crippen LogP contribution is -2.43. The Balaban J connectivity index is 1.34. The van der Waals surface area contributed by atoms with Gasteiger partial charge in [-0.25, -0.2) is 9.18 Å². The summed E-state index contributed by atoms with van der Waals surface area (Å²) in [6.45, 7) is 7.48. The predicted molar refractivity (Wildman–Crippen MR) is 94.9 cm³/mol. The predicted octanol–water partition coefficient (Wildman–Crippen LogP) is 3.56. The van der Waals surface area contributed by atoms with Crippen molar-refractivity contribution in [1.29, 1.82) is 0 Å².